The van der Waals surface area contributed by atoms with Crippen molar-refractivity contribution in [3.05, 3.63) is 23.8 Å². The van der Waals surface area contributed by atoms with Crippen LogP contribution in [0.15, 0.2) is 18.2 Å². The summed E-state index contributed by atoms with van der Waals surface area (Å²) in [6.45, 7) is 0. The summed E-state index contributed by atoms with van der Waals surface area (Å²) in [4.78, 5) is 27.5. The number of amides is 1. The topological polar surface area (TPSA) is 95.1 Å². The largest absolute Gasteiger partial charge is 0.478 e. The molecule has 0 atom stereocenters. The third-order valence-electron chi connectivity index (χ3n) is 2.22. The minimum absolute atomic E-state index is 0.0511. The van der Waals surface area contributed by atoms with Crippen LogP contribution in [0.25, 0.3) is 11.0 Å². The van der Waals surface area contributed by atoms with Gasteiger partial charge in [-0.05, 0) is 18.2 Å². The molecule has 9 heteroatoms. The number of aromatic nitrogens is 2. The molecule has 0 fully saturated rings. The number of halogens is 3. The lowest BCUT2D eigenvalue weighted by Crippen LogP contribution is -2.30. The number of anilines is 1. The summed E-state index contributed by atoms with van der Waals surface area (Å²) in [6, 6.07) is 3.77. The van der Waals surface area contributed by atoms with Gasteiger partial charge in [-0.25, -0.2) is 9.78 Å². The summed E-state index contributed by atoms with van der Waals surface area (Å²) in [5.74, 6) is -3.75. The Hall–Kier alpha value is -2.58. The van der Waals surface area contributed by atoms with Gasteiger partial charge in [0.2, 0.25) is 5.95 Å². The van der Waals surface area contributed by atoms with Crippen LogP contribution in [0.2, 0.25) is 0 Å². The van der Waals surface area contributed by atoms with Crippen LogP contribution >= 0.6 is 0 Å². The van der Waals surface area contributed by atoms with Gasteiger partial charge in [0.15, 0.2) is 0 Å². The molecule has 2 rings (SSSR count). The fourth-order valence-corrected chi connectivity index (χ4v) is 1.38. The standard InChI is InChI=1S/C10H6F3N3O3/c11-10(12,13)8(19)16-9-14-5-2-1-4(7(17)18)3-6(5)15-9/h1-3H,(H,17,18)(H2,14,15,16,19). The average molecular weight is 273 g/mol. The minimum Gasteiger partial charge on any atom is -0.478 e. The molecule has 0 bridgehead atoms. The first-order valence-corrected chi connectivity index (χ1v) is 4.88. The highest BCUT2D eigenvalue weighted by Crippen LogP contribution is 2.19. The lowest BCUT2D eigenvalue weighted by molar-refractivity contribution is -0.167. The third-order valence-corrected chi connectivity index (χ3v) is 2.22. The number of nitrogens with one attached hydrogen (secondary N) is 2. The zero-order chi connectivity index (χ0) is 14.2. The second-order valence-corrected chi connectivity index (χ2v) is 3.57. The number of benzene rings is 1. The van der Waals surface area contributed by atoms with Crippen molar-refractivity contribution in [1.29, 1.82) is 0 Å². The summed E-state index contributed by atoms with van der Waals surface area (Å²) in [5.41, 5.74) is 0.393. The molecule has 0 aliphatic heterocycles. The number of hydrogen-bond acceptors (Lipinski definition) is 3. The number of hydrogen-bond donors (Lipinski definition) is 3. The Balaban J connectivity index is 2.32. The number of carbonyl (C=O) groups is 2. The second-order valence-electron chi connectivity index (χ2n) is 3.57. The van der Waals surface area contributed by atoms with Crippen molar-refractivity contribution < 1.29 is 27.9 Å². The van der Waals surface area contributed by atoms with Crippen LogP contribution in [0.3, 0.4) is 0 Å². The first-order chi connectivity index (χ1) is 8.77. The molecule has 1 amide bonds. The van der Waals surface area contributed by atoms with Crippen molar-refractivity contribution in [2.24, 2.45) is 0 Å². The van der Waals surface area contributed by atoms with E-state index in [0.29, 0.717) is 0 Å². The van der Waals surface area contributed by atoms with Crippen LogP contribution < -0.4 is 5.32 Å². The molecule has 0 spiro atoms. The van der Waals surface area contributed by atoms with E-state index in [9.17, 15) is 22.8 Å². The highest BCUT2D eigenvalue weighted by molar-refractivity contribution is 5.96. The number of imidazole rings is 1. The van der Waals surface area contributed by atoms with E-state index in [2.05, 4.69) is 9.97 Å². The zero-order valence-electron chi connectivity index (χ0n) is 9.08. The number of rotatable bonds is 2. The number of carboxylic acid groups (broad SMARTS) is 1. The van der Waals surface area contributed by atoms with E-state index < -0.39 is 24.0 Å². The first-order valence-electron chi connectivity index (χ1n) is 4.88. The summed E-state index contributed by atoms with van der Waals surface area (Å²) in [5, 5.41) is 10.3. The Bertz CT molecular complexity index is 663. The molecule has 1 aromatic heterocycles. The molecular weight excluding hydrogens is 267 g/mol. The number of aromatic carboxylic acids is 1. The second kappa shape index (κ2) is 4.26. The first kappa shape index (κ1) is 12.9. The fraction of sp³-hybridized carbons (Fsp3) is 0.100. The van der Waals surface area contributed by atoms with Crippen molar-refractivity contribution >= 4 is 28.9 Å². The van der Waals surface area contributed by atoms with Gasteiger partial charge in [-0.15, -0.1) is 0 Å². The van der Waals surface area contributed by atoms with E-state index in [1.54, 1.807) is 5.32 Å². The fourth-order valence-electron chi connectivity index (χ4n) is 1.38. The number of carboxylic acids is 1. The van der Waals surface area contributed by atoms with E-state index >= 15 is 0 Å². The Labute approximate surface area is 103 Å². The SMILES string of the molecule is O=C(O)c1ccc2nc(NC(=O)C(F)(F)F)[nH]c2c1. The van der Waals surface area contributed by atoms with Crippen molar-refractivity contribution in [3.63, 3.8) is 0 Å². The third kappa shape index (κ3) is 2.64. The predicted molar refractivity (Wildman–Crippen MR) is 57.7 cm³/mol. The number of H-pyrrole nitrogens is 1. The van der Waals surface area contributed by atoms with Gasteiger partial charge in [0, 0.05) is 0 Å². The zero-order valence-corrected chi connectivity index (χ0v) is 9.08. The highest BCUT2D eigenvalue weighted by Gasteiger charge is 2.39. The smallest absolute Gasteiger partial charge is 0.471 e. The van der Waals surface area contributed by atoms with E-state index in [0.717, 1.165) is 0 Å². The quantitative estimate of drug-likeness (QED) is 0.777. The van der Waals surface area contributed by atoms with E-state index in [4.69, 9.17) is 5.11 Å². The maximum atomic E-state index is 12.0. The molecule has 3 N–H and O–H groups in total. The van der Waals surface area contributed by atoms with E-state index in [-0.39, 0.29) is 16.6 Å². The van der Waals surface area contributed by atoms with Gasteiger partial charge in [-0.1, -0.05) is 0 Å². The number of fused-ring (bicyclic) bond motifs is 1. The lowest BCUT2D eigenvalue weighted by Gasteiger charge is -2.04. The molecule has 1 heterocycles. The summed E-state index contributed by atoms with van der Waals surface area (Å²) in [6.07, 6.45) is -5.02. The molecule has 100 valence electrons. The van der Waals surface area contributed by atoms with Crippen LogP contribution in [-0.4, -0.2) is 33.1 Å². The molecular formula is C10H6F3N3O3. The maximum Gasteiger partial charge on any atom is 0.471 e. The molecule has 2 aromatic rings. The Kier molecular flexibility index (Phi) is 2.89. The maximum absolute atomic E-state index is 12.0. The van der Waals surface area contributed by atoms with Crippen LogP contribution in [0.5, 0.6) is 0 Å². The van der Waals surface area contributed by atoms with Crippen LogP contribution in [0.1, 0.15) is 10.4 Å². The summed E-state index contributed by atoms with van der Waals surface area (Å²) >= 11 is 0. The molecule has 0 radical (unpaired) electrons. The average Bonchev–Trinajstić information content (AvgIpc) is 2.68. The molecule has 0 saturated heterocycles. The number of carbonyl (C=O) groups excluding carboxylic acids is 1. The number of aromatic amines is 1. The Morgan fingerprint density at radius 2 is 2.00 bits per heavy atom. The Morgan fingerprint density at radius 1 is 1.32 bits per heavy atom. The van der Waals surface area contributed by atoms with Gasteiger partial charge >= 0.3 is 18.1 Å². The Morgan fingerprint density at radius 3 is 2.58 bits per heavy atom. The van der Waals surface area contributed by atoms with Crippen molar-refractivity contribution in [3.8, 4) is 0 Å². The van der Waals surface area contributed by atoms with E-state index in [1.165, 1.54) is 18.2 Å². The van der Waals surface area contributed by atoms with Crippen LogP contribution in [0, 0.1) is 0 Å². The van der Waals surface area contributed by atoms with Gasteiger partial charge < -0.3 is 10.1 Å². The van der Waals surface area contributed by atoms with Gasteiger partial charge in [0.25, 0.3) is 0 Å². The minimum atomic E-state index is -5.02. The van der Waals surface area contributed by atoms with Crippen molar-refractivity contribution in [2.45, 2.75) is 6.18 Å². The number of alkyl halides is 3. The highest BCUT2D eigenvalue weighted by atomic mass is 19.4. The van der Waals surface area contributed by atoms with Crippen molar-refractivity contribution in [2.75, 3.05) is 5.32 Å². The normalized spacial score (nSPS) is 11.5. The molecule has 0 aliphatic carbocycles. The molecule has 0 unspecified atom stereocenters. The van der Waals surface area contributed by atoms with E-state index in [1.807, 2.05) is 0 Å². The summed E-state index contributed by atoms with van der Waals surface area (Å²) < 4.78 is 36.1. The molecule has 6 nitrogen and oxygen atoms in total. The predicted octanol–water partition coefficient (Wildman–Crippen LogP) is 1.76. The van der Waals surface area contributed by atoms with Crippen LogP contribution in [-0.2, 0) is 4.79 Å². The molecule has 1 aromatic carbocycles. The molecule has 19 heavy (non-hydrogen) atoms. The van der Waals surface area contributed by atoms with Gasteiger partial charge in [-0.2, -0.15) is 13.2 Å². The van der Waals surface area contributed by atoms with Gasteiger partial charge in [0.05, 0.1) is 16.6 Å². The van der Waals surface area contributed by atoms with Crippen molar-refractivity contribution in [1.82, 2.24) is 9.97 Å². The molecule has 0 saturated carbocycles. The number of nitrogens with zero attached hydrogens (tertiary/aromatic N) is 1. The molecule has 0 aliphatic rings. The summed E-state index contributed by atoms with van der Waals surface area (Å²) in [7, 11) is 0. The van der Waals surface area contributed by atoms with Gasteiger partial charge in [0.1, 0.15) is 0 Å². The monoisotopic (exact) mass is 273 g/mol. The van der Waals surface area contributed by atoms with Crippen LogP contribution in [0.4, 0.5) is 19.1 Å². The lowest BCUT2D eigenvalue weighted by atomic mass is 10.2. The van der Waals surface area contributed by atoms with Gasteiger partial charge in [-0.3, -0.25) is 10.1 Å².